The molecule has 0 aromatic rings. The molecule has 0 radical (unpaired) electrons. The van der Waals surface area contributed by atoms with Crippen molar-refractivity contribution < 1.29 is 9.47 Å². The van der Waals surface area contributed by atoms with Gasteiger partial charge in [-0.25, -0.2) is 0 Å². The van der Waals surface area contributed by atoms with Gasteiger partial charge in [0.15, 0.2) is 0 Å². The van der Waals surface area contributed by atoms with Gasteiger partial charge < -0.3 is 9.47 Å². The van der Waals surface area contributed by atoms with Crippen molar-refractivity contribution in [2.45, 2.75) is 60.7 Å². The fourth-order valence-electron chi connectivity index (χ4n) is 1.17. The molecule has 0 fully saturated rings. The van der Waals surface area contributed by atoms with E-state index < -0.39 is 0 Å². The molecule has 2 nitrogen and oxygen atoms in total. The number of hydrogen-bond acceptors (Lipinski definition) is 2. The molecular weight excluding hydrogens is 188 g/mol. The van der Waals surface area contributed by atoms with Crippen LogP contribution in [0.25, 0.3) is 0 Å². The van der Waals surface area contributed by atoms with Crippen molar-refractivity contribution >= 4 is 0 Å². The Kier molecular flexibility index (Phi) is 6.46. The van der Waals surface area contributed by atoms with Crippen LogP contribution in [-0.2, 0) is 9.47 Å². The summed E-state index contributed by atoms with van der Waals surface area (Å²) in [4.78, 5) is 0. The lowest BCUT2D eigenvalue weighted by atomic mass is 9.82. The predicted molar refractivity (Wildman–Crippen MR) is 65.1 cm³/mol. The minimum absolute atomic E-state index is 0.240. The zero-order valence-electron chi connectivity index (χ0n) is 11.5. The van der Waals surface area contributed by atoms with E-state index >= 15 is 0 Å². The second-order valence-corrected chi connectivity index (χ2v) is 5.83. The summed E-state index contributed by atoms with van der Waals surface area (Å²) in [5, 5.41) is 0. The molecular formula is C13H28O2. The number of hydrogen-bond donors (Lipinski definition) is 0. The molecule has 0 N–H and O–H groups in total. The van der Waals surface area contributed by atoms with Gasteiger partial charge in [-0.2, -0.15) is 0 Å². The van der Waals surface area contributed by atoms with Crippen LogP contribution in [0.15, 0.2) is 0 Å². The lowest BCUT2D eigenvalue weighted by Crippen LogP contribution is -2.31. The van der Waals surface area contributed by atoms with E-state index in [1.807, 2.05) is 0 Å². The van der Waals surface area contributed by atoms with Gasteiger partial charge in [0.25, 0.3) is 0 Å². The third-order valence-corrected chi connectivity index (χ3v) is 2.49. The second kappa shape index (κ2) is 6.49. The van der Waals surface area contributed by atoms with Crippen molar-refractivity contribution in [3.63, 3.8) is 0 Å². The van der Waals surface area contributed by atoms with Gasteiger partial charge in [-0.15, -0.1) is 0 Å². The Labute approximate surface area is 95.3 Å². The molecule has 0 bridgehead atoms. The molecule has 0 heterocycles. The first-order valence-electron chi connectivity index (χ1n) is 5.96. The quantitative estimate of drug-likeness (QED) is 0.676. The Morgan fingerprint density at radius 1 is 0.800 bits per heavy atom. The summed E-state index contributed by atoms with van der Waals surface area (Å²) in [5.41, 5.74) is 0.240. The van der Waals surface area contributed by atoms with Crippen LogP contribution in [0.1, 0.15) is 48.5 Å². The smallest absolute Gasteiger partial charge is 0.0524 e. The fraction of sp³-hybridized carbons (Fsp3) is 1.00. The highest BCUT2D eigenvalue weighted by atomic mass is 16.5. The van der Waals surface area contributed by atoms with E-state index in [0.717, 1.165) is 13.2 Å². The molecule has 0 aliphatic heterocycles. The van der Waals surface area contributed by atoms with E-state index in [1.165, 1.54) is 0 Å². The van der Waals surface area contributed by atoms with E-state index in [9.17, 15) is 0 Å². The maximum absolute atomic E-state index is 5.68. The highest BCUT2D eigenvalue weighted by Crippen LogP contribution is 2.27. The molecule has 0 atom stereocenters. The van der Waals surface area contributed by atoms with Gasteiger partial charge in [0, 0.05) is 5.92 Å². The molecule has 0 saturated carbocycles. The van der Waals surface area contributed by atoms with Crippen LogP contribution in [0.2, 0.25) is 0 Å². The molecule has 2 heteroatoms. The molecule has 0 aliphatic carbocycles. The minimum atomic E-state index is 0.240. The van der Waals surface area contributed by atoms with Crippen LogP contribution in [0.4, 0.5) is 0 Å². The molecule has 0 spiro atoms. The van der Waals surface area contributed by atoms with Gasteiger partial charge in [-0.1, -0.05) is 20.8 Å². The molecule has 92 valence electrons. The zero-order valence-corrected chi connectivity index (χ0v) is 11.5. The first-order valence-corrected chi connectivity index (χ1v) is 5.96. The van der Waals surface area contributed by atoms with Gasteiger partial charge in [-0.05, 0) is 33.1 Å². The summed E-state index contributed by atoms with van der Waals surface area (Å²) in [6.07, 6.45) is 0.600. The molecule has 0 aromatic heterocycles. The van der Waals surface area contributed by atoms with E-state index in [4.69, 9.17) is 9.47 Å². The zero-order chi connectivity index (χ0) is 12.1. The predicted octanol–water partition coefficient (Wildman–Crippen LogP) is 3.50. The van der Waals surface area contributed by atoms with E-state index in [2.05, 4.69) is 48.5 Å². The average molecular weight is 216 g/mol. The van der Waals surface area contributed by atoms with Crippen LogP contribution < -0.4 is 0 Å². The van der Waals surface area contributed by atoms with Crippen LogP contribution in [0.5, 0.6) is 0 Å². The van der Waals surface area contributed by atoms with Crippen molar-refractivity contribution in [3.8, 4) is 0 Å². The van der Waals surface area contributed by atoms with E-state index in [-0.39, 0.29) is 5.41 Å². The summed E-state index contributed by atoms with van der Waals surface area (Å²) in [5.74, 6) is 0.460. The summed E-state index contributed by atoms with van der Waals surface area (Å²) < 4.78 is 11.4. The van der Waals surface area contributed by atoms with Gasteiger partial charge in [0.1, 0.15) is 0 Å². The Morgan fingerprint density at radius 3 is 1.33 bits per heavy atom. The first kappa shape index (κ1) is 14.9. The lowest BCUT2D eigenvalue weighted by molar-refractivity contribution is -0.0375. The van der Waals surface area contributed by atoms with Gasteiger partial charge in [0.2, 0.25) is 0 Å². The largest absolute Gasteiger partial charge is 0.378 e. The van der Waals surface area contributed by atoms with Crippen molar-refractivity contribution in [2.24, 2.45) is 11.3 Å². The standard InChI is InChI=1S/C13H28O2/c1-10(2)14-8-12(13(5,6)7)9-15-11(3)4/h10-12H,8-9H2,1-7H3. The molecule has 15 heavy (non-hydrogen) atoms. The lowest BCUT2D eigenvalue weighted by Gasteiger charge is -2.31. The monoisotopic (exact) mass is 216 g/mol. The summed E-state index contributed by atoms with van der Waals surface area (Å²) >= 11 is 0. The van der Waals surface area contributed by atoms with Crippen molar-refractivity contribution in [2.75, 3.05) is 13.2 Å². The van der Waals surface area contributed by atoms with E-state index in [1.54, 1.807) is 0 Å². The van der Waals surface area contributed by atoms with Crippen molar-refractivity contribution in [1.82, 2.24) is 0 Å². The van der Waals surface area contributed by atoms with Crippen molar-refractivity contribution in [3.05, 3.63) is 0 Å². The SMILES string of the molecule is CC(C)OCC(COC(C)C)C(C)(C)C. The molecule has 0 saturated heterocycles. The van der Waals surface area contributed by atoms with Crippen LogP contribution in [0, 0.1) is 11.3 Å². The number of ether oxygens (including phenoxy) is 2. The summed E-state index contributed by atoms with van der Waals surface area (Å²) in [6.45, 7) is 16.6. The Bertz CT molecular complexity index is 144. The third-order valence-electron chi connectivity index (χ3n) is 2.49. The van der Waals surface area contributed by atoms with Gasteiger partial charge in [0.05, 0.1) is 25.4 Å². The number of rotatable bonds is 6. The minimum Gasteiger partial charge on any atom is -0.378 e. The maximum Gasteiger partial charge on any atom is 0.0524 e. The summed E-state index contributed by atoms with van der Waals surface area (Å²) in [7, 11) is 0. The van der Waals surface area contributed by atoms with Crippen molar-refractivity contribution in [1.29, 1.82) is 0 Å². The maximum atomic E-state index is 5.68. The van der Waals surface area contributed by atoms with Crippen LogP contribution in [0.3, 0.4) is 0 Å². The normalized spacial score (nSPS) is 13.2. The van der Waals surface area contributed by atoms with Gasteiger partial charge in [-0.3, -0.25) is 0 Å². The Hall–Kier alpha value is -0.0800. The highest BCUT2D eigenvalue weighted by Gasteiger charge is 2.25. The molecule has 0 amide bonds. The summed E-state index contributed by atoms with van der Waals surface area (Å²) in [6, 6.07) is 0. The molecule has 0 unspecified atom stereocenters. The van der Waals surface area contributed by atoms with Gasteiger partial charge >= 0.3 is 0 Å². The first-order chi connectivity index (χ1) is 6.73. The molecule has 0 rings (SSSR count). The highest BCUT2D eigenvalue weighted by molar-refractivity contribution is 4.74. The topological polar surface area (TPSA) is 18.5 Å². The second-order valence-electron chi connectivity index (χ2n) is 5.83. The molecule has 0 aliphatic rings. The van der Waals surface area contributed by atoms with Crippen LogP contribution >= 0.6 is 0 Å². The Balaban J connectivity index is 4.08. The fourth-order valence-corrected chi connectivity index (χ4v) is 1.17. The Morgan fingerprint density at radius 2 is 1.13 bits per heavy atom. The third kappa shape index (κ3) is 7.80. The van der Waals surface area contributed by atoms with E-state index in [0.29, 0.717) is 18.1 Å². The molecule has 0 aromatic carbocycles. The van der Waals surface area contributed by atoms with Crippen LogP contribution in [-0.4, -0.2) is 25.4 Å². The average Bonchev–Trinajstić information content (AvgIpc) is 2.00.